The number of nitrogens with zero attached hydrogens (tertiary/aromatic N) is 4. The van der Waals surface area contributed by atoms with Crippen molar-refractivity contribution >= 4 is 21.8 Å². The lowest BCUT2D eigenvalue weighted by molar-refractivity contribution is 0.761. The molecule has 4 heterocycles. The summed E-state index contributed by atoms with van der Waals surface area (Å²) >= 11 is 0. The van der Waals surface area contributed by atoms with Crippen LogP contribution < -0.4 is 5.56 Å². The number of nitrogens with one attached hydrogen (secondary N) is 2. The van der Waals surface area contributed by atoms with E-state index in [-0.39, 0.29) is 5.56 Å². The Morgan fingerprint density at radius 1 is 0.879 bits per heavy atom. The average Bonchev–Trinajstić information content (AvgIpc) is 3.46. The maximum atomic E-state index is 12.9. The molecule has 0 unspecified atom stereocenters. The van der Waals surface area contributed by atoms with E-state index in [2.05, 4.69) is 31.4 Å². The Bertz CT molecular complexity index is 1690. The van der Waals surface area contributed by atoms with Crippen LogP contribution in [0.15, 0.2) is 84.0 Å². The molecule has 4 aromatic heterocycles. The van der Waals surface area contributed by atoms with E-state index in [1.165, 1.54) is 0 Å². The highest BCUT2D eigenvalue weighted by Crippen LogP contribution is 2.30. The number of hydrogen-bond donors (Lipinski definition) is 2. The van der Waals surface area contributed by atoms with E-state index in [9.17, 15) is 4.79 Å². The Labute approximate surface area is 188 Å². The number of aromatic amines is 2. The van der Waals surface area contributed by atoms with Gasteiger partial charge in [0, 0.05) is 40.5 Å². The lowest BCUT2D eigenvalue weighted by atomic mass is 10.0. The lowest BCUT2D eigenvalue weighted by Crippen LogP contribution is -2.19. The van der Waals surface area contributed by atoms with Crippen LogP contribution in [0.3, 0.4) is 0 Å². The van der Waals surface area contributed by atoms with Crippen LogP contribution in [0.5, 0.6) is 0 Å². The summed E-state index contributed by atoms with van der Waals surface area (Å²) in [6, 6.07) is 19.8. The molecule has 2 aromatic carbocycles. The van der Waals surface area contributed by atoms with Crippen LogP contribution >= 0.6 is 0 Å². The molecular formula is C26H20N6O. The monoisotopic (exact) mass is 432 g/mol. The molecule has 7 heteroatoms. The second-order valence-electron chi connectivity index (χ2n) is 8.19. The fourth-order valence-electron chi connectivity index (χ4n) is 4.20. The number of benzene rings is 2. The molecule has 0 aliphatic heterocycles. The standard InChI is InChI=1S/C26H20N6O/c1-16-10-20(6-8-27-16)26-22-12-18(4-5-23(22)30-31-26)19-7-9-32(25(33)13-19)15-17-2-3-21-14-28-29-24(21)11-17/h2-14H,15H2,1H3,(H,28,29)(H,30,31). The highest BCUT2D eigenvalue weighted by atomic mass is 16.1. The van der Waals surface area contributed by atoms with Gasteiger partial charge in [0.1, 0.15) is 5.69 Å². The lowest BCUT2D eigenvalue weighted by Gasteiger charge is -2.08. The Balaban J connectivity index is 1.35. The largest absolute Gasteiger partial charge is 0.311 e. The van der Waals surface area contributed by atoms with Crippen LogP contribution in [0.25, 0.3) is 44.2 Å². The summed E-state index contributed by atoms with van der Waals surface area (Å²) in [6.45, 7) is 2.46. The molecule has 0 bridgehead atoms. The summed E-state index contributed by atoms with van der Waals surface area (Å²) in [4.78, 5) is 17.2. The minimum atomic E-state index is -0.0468. The van der Waals surface area contributed by atoms with Gasteiger partial charge in [0.15, 0.2) is 0 Å². The predicted octanol–water partition coefficient (Wildman–Crippen LogP) is 4.69. The van der Waals surface area contributed by atoms with Crippen LogP contribution in [-0.2, 0) is 6.54 Å². The maximum absolute atomic E-state index is 12.9. The van der Waals surface area contributed by atoms with Gasteiger partial charge < -0.3 is 4.57 Å². The van der Waals surface area contributed by atoms with Crippen molar-refractivity contribution in [1.82, 2.24) is 29.9 Å². The van der Waals surface area contributed by atoms with Crippen molar-refractivity contribution in [2.24, 2.45) is 0 Å². The summed E-state index contributed by atoms with van der Waals surface area (Å²) in [5.41, 5.74) is 7.58. The first kappa shape index (κ1) is 19.2. The molecule has 6 rings (SSSR count). The summed E-state index contributed by atoms with van der Waals surface area (Å²) in [7, 11) is 0. The van der Waals surface area contributed by atoms with Gasteiger partial charge in [-0.25, -0.2) is 0 Å². The number of aromatic nitrogens is 6. The van der Waals surface area contributed by atoms with Gasteiger partial charge in [0.05, 0.1) is 23.8 Å². The van der Waals surface area contributed by atoms with Crippen molar-refractivity contribution < 1.29 is 0 Å². The van der Waals surface area contributed by atoms with E-state index in [4.69, 9.17) is 0 Å². The number of pyridine rings is 2. The molecule has 0 amide bonds. The molecule has 7 nitrogen and oxygen atoms in total. The number of rotatable bonds is 4. The highest BCUT2D eigenvalue weighted by molar-refractivity contribution is 5.95. The smallest absolute Gasteiger partial charge is 0.251 e. The molecule has 160 valence electrons. The summed E-state index contributed by atoms with van der Waals surface area (Å²) < 4.78 is 1.71. The number of H-pyrrole nitrogens is 2. The van der Waals surface area contributed by atoms with Gasteiger partial charge in [-0.3, -0.25) is 20.0 Å². The van der Waals surface area contributed by atoms with Crippen LogP contribution in [0.1, 0.15) is 11.3 Å². The first-order valence-corrected chi connectivity index (χ1v) is 10.7. The van der Waals surface area contributed by atoms with Gasteiger partial charge >= 0.3 is 0 Å². The summed E-state index contributed by atoms with van der Waals surface area (Å²) in [5.74, 6) is 0. The summed E-state index contributed by atoms with van der Waals surface area (Å²) in [6.07, 6.45) is 5.43. The predicted molar refractivity (Wildman–Crippen MR) is 129 cm³/mol. The van der Waals surface area contributed by atoms with Crippen LogP contribution in [0.4, 0.5) is 0 Å². The summed E-state index contributed by atoms with van der Waals surface area (Å²) in [5, 5.41) is 16.7. The molecule has 0 saturated carbocycles. The molecule has 2 N–H and O–H groups in total. The normalized spacial score (nSPS) is 11.4. The third-order valence-electron chi connectivity index (χ3n) is 5.92. The van der Waals surface area contributed by atoms with Crippen molar-refractivity contribution in [2.45, 2.75) is 13.5 Å². The van der Waals surface area contributed by atoms with Gasteiger partial charge in [-0.1, -0.05) is 18.2 Å². The second-order valence-corrected chi connectivity index (χ2v) is 8.19. The molecule has 0 atom stereocenters. The van der Waals surface area contributed by atoms with Gasteiger partial charge in [-0.2, -0.15) is 10.2 Å². The quantitative estimate of drug-likeness (QED) is 0.423. The first-order valence-electron chi connectivity index (χ1n) is 10.7. The molecule has 0 saturated heterocycles. The zero-order valence-corrected chi connectivity index (χ0v) is 17.9. The minimum Gasteiger partial charge on any atom is -0.311 e. The van der Waals surface area contributed by atoms with E-state index in [0.717, 1.165) is 55.4 Å². The fourth-order valence-corrected chi connectivity index (χ4v) is 4.20. The van der Waals surface area contributed by atoms with Gasteiger partial charge in [-0.05, 0) is 60.0 Å². The van der Waals surface area contributed by atoms with E-state index in [1.807, 2.05) is 61.7 Å². The van der Waals surface area contributed by atoms with Gasteiger partial charge in [0.25, 0.3) is 5.56 Å². The number of hydrogen-bond acceptors (Lipinski definition) is 4. The van der Waals surface area contributed by atoms with Crippen LogP contribution in [0.2, 0.25) is 0 Å². The van der Waals surface area contributed by atoms with E-state index >= 15 is 0 Å². The zero-order valence-electron chi connectivity index (χ0n) is 17.9. The second kappa shape index (κ2) is 7.56. The van der Waals surface area contributed by atoms with Crippen LogP contribution in [0, 0.1) is 6.92 Å². The Kier molecular flexibility index (Phi) is 4.40. The Morgan fingerprint density at radius 3 is 2.67 bits per heavy atom. The van der Waals surface area contributed by atoms with Crippen molar-refractivity contribution in [1.29, 1.82) is 0 Å². The first-order chi connectivity index (χ1) is 16.1. The molecular weight excluding hydrogens is 412 g/mol. The minimum absolute atomic E-state index is 0.0468. The third kappa shape index (κ3) is 3.49. The third-order valence-corrected chi connectivity index (χ3v) is 5.92. The SMILES string of the molecule is Cc1cc(-c2n[nH]c3ccc(-c4ccn(Cc5ccc6cn[nH]c6c5)c(=O)c4)cc23)ccn1. The molecule has 0 aliphatic rings. The number of fused-ring (bicyclic) bond motifs is 2. The highest BCUT2D eigenvalue weighted by Gasteiger charge is 2.11. The average molecular weight is 432 g/mol. The topological polar surface area (TPSA) is 92.2 Å². The molecule has 0 spiro atoms. The van der Waals surface area contributed by atoms with E-state index in [0.29, 0.717) is 6.54 Å². The van der Waals surface area contributed by atoms with E-state index < -0.39 is 0 Å². The fraction of sp³-hybridized carbons (Fsp3) is 0.0769. The van der Waals surface area contributed by atoms with Crippen LogP contribution in [-0.4, -0.2) is 29.9 Å². The number of aryl methyl sites for hydroxylation is 1. The van der Waals surface area contributed by atoms with Crippen molar-refractivity contribution in [3.05, 3.63) is 101 Å². The van der Waals surface area contributed by atoms with Crippen molar-refractivity contribution in [3.8, 4) is 22.4 Å². The van der Waals surface area contributed by atoms with Gasteiger partial charge in [-0.15, -0.1) is 0 Å². The Hall–Kier alpha value is -4.52. The molecule has 0 radical (unpaired) electrons. The molecule has 33 heavy (non-hydrogen) atoms. The van der Waals surface area contributed by atoms with Crippen molar-refractivity contribution in [2.75, 3.05) is 0 Å². The zero-order chi connectivity index (χ0) is 22.4. The van der Waals surface area contributed by atoms with Crippen molar-refractivity contribution in [3.63, 3.8) is 0 Å². The Morgan fingerprint density at radius 2 is 1.79 bits per heavy atom. The molecule has 0 aliphatic carbocycles. The van der Waals surface area contributed by atoms with Gasteiger partial charge in [0.2, 0.25) is 0 Å². The van der Waals surface area contributed by atoms with E-state index in [1.54, 1.807) is 23.0 Å². The molecule has 0 fully saturated rings. The maximum Gasteiger partial charge on any atom is 0.251 e. The molecule has 6 aromatic rings.